The molecule has 2 atom stereocenters. The predicted molar refractivity (Wildman–Crippen MR) is 60.2 cm³/mol. The van der Waals surface area contributed by atoms with Gasteiger partial charge in [-0.3, -0.25) is 19.9 Å². The zero-order chi connectivity index (χ0) is 12.3. The molecule has 0 aliphatic carbocycles. The first kappa shape index (κ1) is 12.9. The molecule has 0 spiro atoms. The molecule has 0 bridgehead atoms. The van der Waals surface area contributed by atoms with Crippen LogP contribution in [0.2, 0.25) is 0 Å². The normalized spacial score (nSPS) is 21.8. The van der Waals surface area contributed by atoms with E-state index in [9.17, 15) is 9.59 Å². The predicted octanol–water partition coefficient (Wildman–Crippen LogP) is -1.23. The van der Waals surface area contributed by atoms with Crippen LogP contribution in [0.3, 0.4) is 0 Å². The molecule has 3 N–H and O–H groups in total. The number of carbonyl (C=O) groups is 2. The van der Waals surface area contributed by atoms with Crippen molar-refractivity contribution in [2.45, 2.75) is 19.9 Å². The Kier molecular flexibility index (Phi) is 4.26. The lowest BCUT2D eigenvalue weighted by atomic mass is 10.0. The highest BCUT2D eigenvalue weighted by Gasteiger charge is 2.30. The molecular weight excluding hydrogens is 208 g/mol. The molecule has 1 fully saturated rings. The summed E-state index contributed by atoms with van der Waals surface area (Å²) in [5.74, 6) is 4.78. The van der Waals surface area contributed by atoms with E-state index in [0.29, 0.717) is 13.1 Å². The van der Waals surface area contributed by atoms with Gasteiger partial charge in [0.1, 0.15) is 0 Å². The number of amides is 2. The zero-order valence-electron chi connectivity index (χ0n) is 10.1. The minimum absolute atomic E-state index is 0.0150. The van der Waals surface area contributed by atoms with Crippen molar-refractivity contribution in [2.24, 2.45) is 11.8 Å². The summed E-state index contributed by atoms with van der Waals surface area (Å²) < 4.78 is 0. The van der Waals surface area contributed by atoms with Gasteiger partial charge in [-0.25, -0.2) is 5.84 Å². The summed E-state index contributed by atoms with van der Waals surface area (Å²) in [6, 6.07) is 0.0150. The van der Waals surface area contributed by atoms with Gasteiger partial charge in [-0.2, -0.15) is 0 Å². The Labute approximate surface area is 95.7 Å². The average molecular weight is 228 g/mol. The van der Waals surface area contributed by atoms with Crippen LogP contribution >= 0.6 is 0 Å². The molecule has 1 heterocycles. The lowest BCUT2D eigenvalue weighted by Gasteiger charge is -2.37. The van der Waals surface area contributed by atoms with Crippen LogP contribution in [0.1, 0.15) is 13.8 Å². The molecule has 1 saturated heterocycles. The highest BCUT2D eigenvalue weighted by molar-refractivity contribution is 5.80. The van der Waals surface area contributed by atoms with Crippen molar-refractivity contribution in [3.63, 3.8) is 0 Å². The first-order valence-electron chi connectivity index (χ1n) is 5.45. The van der Waals surface area contributed by atoms with Crippen molar-refractivity contribution in [1.29, 1.82) is 0 Å². The second kappa shape index (κ2) is 5.27. The van der Waals surface area contributed by atoms with E-state index in [0.717, 1.165) is 6.54 Å². The van der Waals surface area contributed by atoms with E-state index in [2.05, 4.69) is 5.43 Å². The number of carbonyl (C=O) groups excluding carboxylic acids is 2. The first-order valence-corrected chi connectivity index (χ1v) is 5.45. The van der Waals surface area contributed by atoms with Gasteiger partial charge in [-0.1, -0.05) is 6.92 Å². The molecule has 0 saturated carbocycles. The van der Waals surface area contributed by atoms with Crippen molar-refractivity contribution >= 4 is 11.8 Å². The average Bonchev–Trinajstić information content (AvgIpc) is 2.29. The van der Waals surface area contributed by atoms with Gasteiger partial charge in [0.2, 0.25) is 11.8 Å². The number of hydrogen-bond donors (Lipinski definition) is 2. The number of rotatable bonds is 3. The quantitative estimate of drug-likeness (QED) is 0.360. The van der Waals surface area contributed by atoms with E-state index < -0.39 is 0 Å². The number of nitrogens with two attached hydrogens (primary N) is 1. The third kappa shape index (κ3) is 2.70. The Morgan fingerprint density at radius 3 is 2.56 bits per heavy atom. The molecule has 0 aromatic heterocycles. The number of hydrogen-bond acceptors (Lipinski definition) is 4. The summed E-state index contributed by atoms with van der Waals surface area (Å²) in [6.07, 6.45) is 0. The molecule has 1 rings (SSSR count). The second-order valence-corrected chi connectivity index (χ2v) is 4.32. The fourth-order valence-corrected chi connectivity index (χ4v) is 1.79. The van der Waals surface area contributed by atoms with Crippen LogP contribution in [-0.4, -0.2) is 54.3 Å². The summed E-state index contributed by atoms with van der Waals surface area (Å²) >= 11 is 0. The number of nitrogens with zero attached hydrogens (tertiary/aromatic N) is 2. The number of likely N-dealkylation sites (N-methyl/N-ethyl adjacent to an activating group) is 1. The number of nitrogens with one attached hydrogen (secondary N) is 1. The standard InChI is InChI=1S/C10H20N4O2/c1-7(10(16)12-11)8(2)14-5-4-13(3)9(15)6-14/h7-8H,4-6,11H2,1-3H3,(H,12,16). The lowest BCUT2D eigenvalue weighted by molar-refractivity contribution is -0.137. The first-order chi connectivity index (χ1) is 7.47. The van der Waals surface area contributed by atoms with Crippen molar-refractivity contribution in [3.05, 3.63) is 0 Å². The summed E-state index contributed by atoms with van der Waals surface area (Å²) in [5, 5.41) is 0. The Bertz CT molecular complexity index is 280. The Balaban J connectivity index is 2.57. The van der Waals surface area contributed by atoms with Crippen LogP contribution in [0.5, 0.6) is 0 Å². The largest absolute Gasteiger partial charge is 0.343 e. The molecule has 1 aliphatic heterocycles. The summed E-state index contributed by atoms with van der Waals surface area (Å²) in [7, 11) is 1.79. The van der Waals surface area contributed by atoms with E-state index in [1.807, 2.05) is 18.7 Å². The maximum absolute atomic E-state index is 11.5. The van der Waals surface area contributed by atoms with Gasteiger partial charge in [-0.05, 0) is 6.92 Å². The SMILES string of the molecule is CC(C(=O)NN)C(C)N1CCN(C)C(=O)C1. The molecule has 0 aromatic rings. The van der Waals surface area contributed by atoms with Crippen molar-refractivity contribution in [3.8, 4) is 0 Å². The Morgan fingerprint density at radius 1 is 1.44 bits per heavy atom. The molecule has 0 aromatic carbocycles. The molecule has 2 unspecified atom stereocenters. The third-order valence-electron chi connectivity index (χ3n) is 3.34. The lowest BCUT2D eigenvalue weighted by Crippen LogP contribution is -2.54. The highest BCUT2D eigenvalue weighted by atomic mass is 16.2. The van der Waals surface area contributed by atoms with E-state index in [1.54, 1.807) is 11.9 Å². The van der Waals surface area contributed by atoms with Crippen LogP contribution in [0, 0.1) is 5.92 Å². The molecule has 2 amide bonds. The molecule has 92 valence electrons. The van der Waals surface area contributed by atoms with Gasteiger partial charge in [0.25, 0.3) is 0 Å². The minimum atomic E-state index is -0.221. The summed E-state index contributed by atoms with van der Waals surface area (Å²) in [6.45, 7) is 5.64. The maximum atomic E-state index is 11.5. The smallest absolute Gasteiger partial charge is 0.238 e. The van der Waals surface area contributed by atoms with Crippen molar-refractivity contribution in [1.82, 2.24) is 15.2 Å². The monoisotopic (exact) mass is 228 g/mol. The van der Waals surface area contributed by atoms with Crippen molar-refractivity contribution < 1.29 is 9.59 Å². The molecule has 16 heavy (non-hydrogen) atoms. The zero-order valence-corrected chi connectivity index (χ0v) is 10.1. The van der Waals surface area contributed by atoms with Crippen LogP contribution in [-0.2, 0) is 9.59 Å². The molecule has 6 heteroatoms. The van der Waals surface area contributed by atoms with Crippen LogP contribution in [0.25, 0.3) is 0 Å². The minimum Gasteiger partial charge on any atom is -0.343 e. The topological polar surface area (TPSA) is 78.7 Å². The Hall–Kier alpha value is -1.14. The van der Waals surface area contributed by atoms with Gasteiger partial charge >= 0.3 is 0 Å². The Morgan fingerprint density at radius 2 is 2.06 bits per heavy atom. The van der Waals surface area contributed by atoms with E-state index in [-0.39, 0.29) is 23.8 Å². The van der Waals surface area contributed by atoms with Crippen LogP contribution < -0.4 is 11.3 Å². The molecular formula is C10H20N4O2. The van der Waals surface area contributed by atoms with Gasteiger partial charge in [0, 0.05) is 26.2 Å². The number of piperazine rings is 1. The van der Waals surface area contributed by atoms with Gasteiger partial charge < -0.3 is 4.90 Å². The summed E-state index contributed by atoms with van der Waals surface area (Å²) in [4.78, 5) is 26.6. The highest BCUT2D eigenvalue weighted by Crippen LogP contribution is 2.13. The molecule has 0 radical (unpaired) electrons. The van der Waals surface area contributed by atoms with E-state index in [4.69, 9.17) is 5.84 Å². The van der Waals surface area contributed by atoms with E-state index >= 15 is 0 Å². The maximum Gasteiger partial charge on any atom is 0.238 e. The molecule has 1 aliphatic rings. The van der Waals surface area contributed by atoms with Gasteiger partial charge in [-0.15, -0.1) is 0 Å². The van der Waals surface area contributed by atoms with Crippen LogP contribution in [0.15, 0.2) is 0 Å². The van der Waals surface area contributed by atoms with Gasteiger partial charge in [0.05, 0.1) is 12.5 Å². The third-order valence-corrected chi connectivity index (χ3v) is 3.34. The fraction of sp³-hybridized carbons (Fsp3) is 0.800. The van der Waals surface area contributed by atoms with Crippen LogP contribution in [0.4, 0.5) is 0 Å². The van der Waals surface area contributed by atoms with E-state index in [1.165, 1.54) is 0 Å². The summed E-state index contributed by atoms with van der Waals surface area (Å²) in [5.41, 5.74) is 2.14. The van der Waals surface area contributed by atoms with Crippen molar-refractivity contribution in [2.75, 3.05) is 26.7 Å². The van der Waals surface area contributed by atoms with Gasteiger partial charge in [0.15, 0.2) is 0 Å². The second-order valence-electron chi connectivity index (χ2n) is 4.32. The fourth-order valence-electron chi connectivity index (χ4n) is 1.79. The molecule has 6 nitrogen and oxygen atoms in total. The number of hydrazine groups is 1.